The van der Waals surface area contributed by atoms with Crippen molar-refractivity contribution in [3.63, 3.8) is 0 Å². The van der Waals surface area contributed by atoms with Crippen LogP contribution in [0.5, 0.6) is 5.75 Å². The Balaban J connectivity index is 1.51. The molecule has 1 aromatic rings. The van der Waals surface area contributed by atoms with Gasteiger partial charge in [-0.2, -0.15) is 0 Å². The number of methoxy groups -OCH3 is 1. The summed E-state index contributed by atoms with van der Waals surface area (Å²) < 4.78 is 10.6. The quantitative estimate of drug-likeness (QED) is 0.854. The first-order valence-corrected chi connectivity index (χ1v) is 9.20. The summed E-state index contributed by atoms with van der Waals surface area (Å²) in [5.74, 6) is 0.730. The van der Waals surface area contributed by atoms with Gasteiger partial charge in [-0.3, -0.25) is 9.59 Å². The van der Waals surface area contributed by atoms with Gasteiger partial charge in [0.1, 0.15) is 5.75 Å². The Labute approximate surface area is 148 Å². The van der Waals surface area contributed by atoms with Gasteiger partial charge in [-0.1, -0.05) is 31.0 Å². The van der Waals surface area contributed by atoms with E-state index in [0.29, 0.717) is 6.61 Å². The minimum atomic E-state index is -0.418. The van der Waals surface area contributed by atoms with Gasteiger partial charge in [0, 0.05) is 16.9 Å². The second-order valence-electron chi connectivity index (χ2n) is 7.74. The normalized spacial score (nSPS) is 28.8. The van der Waals surface area contributed by atoms with E-state index in [1.807, 2.05) is 18.2 Å². The zero-order valence-electron chi connectivity index (χ0n) is 14.7. The monoisotopic (exact) mass is 343 g/mol. The molecule has 1 heterocycles. The molecule has 25 heavy (non-hydrogen) atoms. The lowest BCUT2D eigenvalue weighted by atomic mass is 9.86. The second kappa shape index (κ2) is 6.04. The first kappa shape index (κ1) is 16.4. The van der Waals surface area contributed by atoms with E-state index in [1.54, 1.807) is 0 Å². The molecule has 1 aromatic carbocycles. The average Bonchev–Trinajstić information content (AvgIpc) is 3.16. The van der Waals surface area contributed by atoms with E-state index in [9.17, 15) is 9.59 Å². The van der Waals surface area contributed by atoms with E-state index in [4.69, 9.17) is 9.47 Å². The van der Waals surface area contributed by atoms with Gasteiger partial charge in [-0.25, -0.2) is 0 Å². The molecule has 1 amide bonds. The Kier molecular flexibility index (Phi) is 3.97. The predicted octanol–water partition coefficient (Wildman–Crippen LogP) is 2.72. The molecule has 2 saturated carbocycles. The number of carbonyl (C=O) groups excluding carboxylic acids is 2. The number of hydrogen-bond donors (Lipinski definition) is 1. The van der Waals surface area contributed by atoms with Gasteiger partial charge in [0.15, 0.2) is 0 Å². The van der Waals surface area contributed by atoms with Crippen molar-refractivity contribution in [1.82, 2.24) is 5.32 Å². The Hall–Kier alpha value is -2.04. The van der Waals surface area contributed by atoms with E-state index in [2.05, 4.69) is 11.4 Å². The molecule has 0 aromatic heterocycles. The molecule has 4 rings (SSSR count). The Morgan fingerprint density at radius 3 is 2.76 bits per heavy atom. The van der Waals surface area contributed by atoms with E-state index in [1.165, 1.54) is 7.11 Å². The van der Waals surface area contributed by atoms with Gasteiger partial charge in [0.05, 0.1) is 25.7 Å². The smallest absolute Gasteiger partial charge is 0.307 e. The van der Waals surface area contributed by atoms with Gasteiger partial charge < -0.3 is 14.8 Å². The maximum atomic E-state index is 13.0. The zero-order valence-corrected chi connectivity index (χ0v) is 14.7. The van der Waals surface area contributed by atoms with Crippen molar-refractivity contribution < 1.29 is 19.1 Å². The Morgan fingerprint density at radius 2 is 2.00 bits per heavy atom. The van der Waals surface area contributed by atoms with Gasteiger partial charge in [0.2, 0.25) is 5.91 Å². The van der Waals surface area contributed by atoms with Crippen LogP contribution in [0, 0.1) is 5.92 Å². The van der Waals surface area contributed by atoms with E-state index in [-0.39, 0.29) is 29.6 Å². The molecule has 1 N–H and O–H groups in total. The summed E-state index contributed by atoms with van der Waals surface area (Å²) in [6, 6.07) is 8.05. The molecular formula is C20H25NO4. The number of amides is 1. The number of para-hydroxylation sites is 1. The van der Waals surface area contributed by atoms with Crippen molar-refractivity contribution >= 4 is 11.9 Å². The van der Waals surface area contributed by atoms with E-state index >= 15 is 0 Å². The highest BCUT2D eigenvalue weighted by Gasteiger charge is 2.61. The molecular weight excluding hydrogens is 318 g/mol. The van der Waals surface area contributed by atoms with Gasteiger partial charge >= 0.3 is 5.97 Å². The third kappa shape index (κ3) is 2.79. The minimum Gasteiger partial charge on any atom is -0.493 e. The summed E-state index contributed by atoms with van der Waals surface area (Å²) >= 11 is 0. The highest BCUT2D eigenvalue weighted by molar-refractivity contribution is 5.86. The lowest BCUT2D eigenvalue weighted by molar-refractivity contribution is -0.142. The first-order chi connectivity index (χ1) is 12.1. The number of nitrogens with one attached hydrogen (secondary N) is 1. The van der Waals surface area contributed by atoms with Crippen LogP contribution in [0.4, 0.5) is 0 Å². The SMILES string of the molecule is COC(=O)CC1(NC(=O)[C@H]2C[C@@]23CCOc2ccccc23)CCCC1. The van der Waals surface area contributed by atoms with E-state index in [0.717, 1.165) is 49.8 Å². The molecule has 0 bridgehead atoms. The third-order valence-corrected chi connectivity index (χ3v) is 6.28. The average molecular weight is 343 g/mol. The van der Waals surface area contributed by atoms with Crippen LogP contribution in [0.15, 0.2) is 24.3 Å². The summed E-state index contributed by atoms with van der Waals surface area (Å²) in [7, 11) is 1.40. The van der Waals surface area contributed by atoms with Crippen molar-refractivity contribution in [2.45, 2.75) is 55.9 Å². The van der Waals surface area contributed by atoms with Crippen LogP contribution in [0.3, 0.4) is 0 Å². The number of fused-ring (bicyclic) bond motifs is 2. The molecule has 3 aliphatic rings. The molecule has 0 unspecified atom stereocenters. The second-order valence-corrected chi connectivity index (χ2v) is 7.74. The van der Waals surface area contributed by atoms with Crippen LogP contribution in [-0.2, 0) is 19.7 Å². The van der Waals surface area contributed by atoms with Crippen molar-refractivity contribution in [1.29, 1.82) is 0 Å². The predicted molar refractivity (Wildman–Crippen MR) is 92.3 cm³/mol. The maximum Gasteiger partial charge on any atom is 0.307 e. The fourth-order valence-corrected chi connectivity index (χ4v) is 4.80. The molecule has 2 aliphatic carbocycles. The first-order valence-electron chi connectivity index (χ1n) is 9.20. The van der Waals surface area contributed by atoms with Crippen LogP contribution in [0.2, 0.25) is 0 Å². The van der Waals surface area contributed by atoms with Crippen LogP contribution < -0.4 is 10.1 Å². The Morgan fingerprint density at radius 1 is 1.24 bits per heavy atom. The highest BCUT2D eigenvalue weighted by atomic mass is 16.5. The molecule has 0 radical (unpaired) electrons. The van der Waals surface area contributed by atoms with E-state index < -0.39 is 5.54 Å². The van der Waals surface area contributed by atoms with Crippen LogP contribution >= 0.6 is 0 Å². The van der Waals surface area contributed by atoms with Gasteiger partial charge in [-0.05, 0) is 31.7 Å². The summed E-state index contributed by atoms with van der Waals surface area (Å²) in [5, 5.41) is 3.24. The van der Waals surface area contributed by atoms with Gasteiger partial charge in [0.25, 0.3) is 0 Å². The van der Waals surface area contributed by atoms with Crippen LogP contribution in [-0.4, -0.2) is 31.1 Å². The maximum absolute atomic E-state index is 13.0. The summed E-state index contributed by atoms with van der Waals surface area (Å²) in [6.07, 6.45) is 5.82. The fourth-order valence-electron chi connectivity index (χ4n) is 4.80. The lowest BCUT2D eigenvalue weighted by Crippen LogP contribution is -2.49. The molecule has 0 saturated heterocycles. The zero-order chi connectivity index (χ0) is 17.5. The summed E-state index contributed by atoms with van der Waals surface area (Å²) in [6.45, 7) is 0.661. The molecule has 2 fully saturated rings. The minimum absolute atomic E-state index is 0.0207. The summed E-state index contributed by atoms with van der Waals surface area (Å²) in [4.78, 5) is 24.8. The topological polar surface area (TPSA) is 64.6 Å². The van der Waals surface area contributed by atoms with Crippen molar-refractivity contribution in [3.8, 4) is 5.75 Å². The van der Waals surface area contributed by atoms with Crippen molar-refractivity contribution in [3.05, 3.63) is 29.8 Å². The number of hydrogen-bond acceptors (Lipinski definition) is 4. The number of ether oxygens (including phenoxy) is 2. The van der Waals surface area contributed by atoms with Crippen molar-refractivity contribution in [2.24, 2.45) is 5.92 Å². The molecule has 2 atom stereocenters. The molecule has 1 aliphatic heterocycles. The largest absolute Gasteiger partial charge is 0.493 e. The lowest BCUT2D eigenvalue weighted by Gasteiger charge is -2.31. The number of benzene rings is 1. The van der Waals surface area contributed by atoms with Gasteiger partial charge in [-0.15, -0.1) is 0 Å². The Bertz CT molecular complexity index is 695. The standard InChI is InChI=1S/C20H25NO4/c1-24-17(22)13-19(8-4-5-9-19)21-18(23)15-12-20(15)10-11-25-16-7-3-2-6-14(16)20/h2-3,6-7,15H,4-5,8-13H2,1H3,(H,21,23)/t15-,20-/m1/s1. The molecule has 5 nitrogen and oxygen atoms in total. The molecule has 5 heteroatoms. The summed E-state index contributed by atoms with van der Waals surface area (Å²) in [5.41, 5.74) is 0.664. The van der Waals surface area contributed by atoms with Crippen molar-refractivity contribution in [2.75, 3.05) is 13.7 Å². The number of esters is 1. The highest BCUT2D eigenvalue weighted by Crippen LogP contribution is 2.60. The molecule has 134 valence electrons. The van der Waals surface area contributed by atoms with Crippen LogP contribution in [0.25, 0.3) is 0 Å². The molecule has 1 spiro atoms. The number of rotatable bonds is 4. The number of carbonyl (C=O) groups is 2. The fraction of sp³-hybridized carbons (Fsp3) is 0.600. The van der Waals surface area contributed by atoms with Crippen LogP contribution in [0.1, 0.15) is 50.5 Å². The third-order valence-electron chi connectivity index (χ3n) is 6.28.